The van der Waals surface area contributed by atoms with Gasteiger partial charge in [0.25, 0.3) is 0 Å². The van der Waals surface area contributed by atoms with Gasteiger partial charge in [-0.2, -0.15) is 0 Å². The van der Waals surface area contributed by atoms with Crippen LogP contribution in [-0.2, 0) is 13.1 Å². The van der Waals surface area contributed by atoms with Gasteiger partial charge in [-0.05, 0) is 38.9 Å². The number of hydrogen-bond donors (Lipinski definition) is 1. The van der Waals surface area contributed by atoms with Crippen molar-refractivity contribution < 1.29 is 0 Å². The van der Waals surface area contributed by atoms with E-state index in [2.05, 4.69) is 48.4 Å². The summed E-state index contributed by atoms with van der Waals surface area (Å²) in [6, 6.07) is 0. The van der Waals surface area contributed by atoms with E-state index in [1.807, 2.05) is 0 Å². The van der Waals surface area contributed by atoms with Crippen LogP contribution < -0.4 is 5.32 Å². The molecular weight excluding hydrogens is 242 g/mol. The van der Waals surface area contributed by atoms with Crippen LogP contribution in [0.3, 0.4) is 0 Å². The smallest absolute Gasteiger partial charge is 0.107 e. The number of rotatable bonds is 9. The number of aromatic nitrogens is 1. The van der Waals surface area contributed by atoms with Crippen LogP contribution in [0.1, 0.15) is 44.3 Å². The maximum atomic E-state index is 4.66. The molecule has 0 fully saturated rings. The molecule has 1 aromatic rings. The lowest BCUT2D eigenvalue weighted by molar-refractivity contribution is 0.300. The second-order valence-corrected chi connectivity index (χ2v) is 6.27. The highest BCUT2D eigenvalue weighted by Crippen LogP contribution is 2.12. The Hall–Kier alpha value is -0.450. The van der Waals surface area contributed by atoms with Crippen LogP contribution in [0.2, 0.25) is 0 Å². The summed E-state index contributed by atoms with van der Waals surface area (Å²) in [5.74, 6) is 0.775. The third-order valence-corrected chi connectivity index (χ3v) is 3.72. The predicted octanol–water partition coefficient (Wildman–Crippen LogP) is 3.12. The van der Waals surface area contributed by atoms with Crippen LogP contribution in [-0.4, -0.2) is 30.0 Å². The highest BCUT2D eigenvalue weighted by molar-refractivity contribution is 7.09. The molecule has 0 aliphatic rings. The molecule has 104 valence electrons. The van der Waals surface area contributed by atoms with E-state index in [1.165, 1.54) is 23.5 Å². The molecule has 0 spiro atoms. The van der Waals surface area contributed by atoms with Crippen molar-refractivity contribution in [1.29, 1.82) is 0 Å². The van der Waals surface area contributed by atoms with E-state index < -0.39 is 0 Å². The van der Waals surface area contributed by atoms with Crippen LogP contribution >= 0.6 is 11.3 Å². The molecule has 1 aromatic heterocycles. The van der Waals surface area contributed by atoms with Gasteiger partial charge in [-0.25, -0.2) is 4.98 Å². The van der Waals surface area contributed by atoms with E-state index in [-0.39, 0.29) is 0 Å². The van der Waals surface area contributed by atoms with E-state index in [4.69, 9.17) is 0 Å². The zero-order valence-corrected chi connectivity index (χ0v) is 13.0. The van der Waals surface area contributed by atoms with E-state index in [0.29, 0.717) is 0 Å². The summed E-state index contributed by atoms with van der Waals surface area (Å²) < 4.78 is 0. The van der Waals surface area contributed by atoms with Gasteiger partial charge in [-0.1, -0.05) is 20.8 Å². The number of hydrogen-bond acceptors (Lipinski definition) is 4. The summed E-state index contributed by atoms with van der Waals surface area (Å²) in [4.78, 5) is 7.02. The Morgan fingerprint density at radius 1 is 1.44 bits per heavy atom. The summed E-state index contributed by atoms with van der Waals surface area (Å²) >= 11 is 1.77. The lowest BCUT2D eigenvalue weighted by Crippen LogP contribution is -2.20. The molecule has 1 heterocycles. The minimum atomic E-state index is 0.775. The topological polar surface area (TPSA) is 28.2 Å². The average molecular weight is 269 g/mol. The number of nitrogens with zero attached hydrogens (tertiary/aromatic N) is 2. The number of nitrogens with one attached hydrogen (secondary N) is 1. The lowest BCUT2D eigenvalue weighted by atomic mass is 10.1. The zero-order valence-electron chi connectivity index (χ0n) is 12.2. The normalized spacial score (nSPS) is 11.7. The van der Waals surface area contributed by atoms with Gasteiger partial charge in [0.1, 0.15) is 5.01 Å². The van der Waals surface area contributed by atoms with Gasteiger partial charge in [-0.15, -0.1) is 11.3 Å². The number of thiazole rings is 1. The third kappa shape index (κ3) is 6.47. The van der Waals surface area contributed by atoms with Crippen LogP contribution in [0.25, 0.3) is 0 Å². The second kappa shape index (κ2) is 8.62. The van der Waals surface area contributed by atoms with Crippen LogP contribution in [0, 0.1) is 5.92 Å². The molecule has 0 aliphatic carbocycles. The van der Waals surface area contributed by atoms with Gasteiger partial charge >= 0.3 is 0 Å². The summed E-state index contributed by atoms with van der Waals surface area (Å²) in [6.45, 7) is 10.8. The molecule has 1 rings (SSSR count). The highest BCUT2D eigenvalue weighted by atomic mass is 32.1. The van der Waals surface area contributed by atoms with E-state index in [9.17, 15) is 0 Å². The Morgan fingerprint density at radius 2 is 2.22 bits per heavy atom. The van der Waals surface area contributed by atoms with Crippen molar-refractivity contribution in [2.45, 2.75) is 46.7 Å². The van der Waals surface area contributed by atoms with E-state index >= 15 is 0 Å². The van der Waals surface area contributed by atoms with Gasteiger partial charge in [0.05, 0.1) is 5.69 Å². The van der Waals surface area contributed by atoms with Crippen LogP contribution in [0.4, 0.5) is 0 Å². The molecule has 0 aliphatic heterocycles. The molecule has 0 saturated carbocycles. The molecule has 0 aromatic carbocycles. The fraction of sp³-hybridized carbons (Fsp3) is 0.786. The maximum Gasteiger partial charge on any atom is 0.107 e. The minimum absolute atomic E-state index is 0.775. The first-order chi connectivity index (χ1) is 8.61. The Bertz CT molecular complexity index is 323. The second-order valence-electron chi connectivity index (χ2n) is 5.33. The van der Waals surface area contributed by atoms with Gasteiger partial charge in [0.15, 0.2) is 0 Å². The van der Waals surface area contributed by atoms with Crippen molar-refractivity contribution in [2.75, 3.05) is 20.1 Å². The van der Waals surface area contributed by atoms with Crippen molar-refractivity contribution in [2.24, 2.45) is 5.92 Å². The SMILES string of the molecule is CCCNCc1nc(CN(C)CCC(C)C)cs1. The first-order valence-electron chi connectivity index (χ1n) is 6.94. The first kappa shape index (κ1) is 15.6. The molecule has 0 atom stereocenters. The third-order valence-electron chi connectivity index (χ3n) is 2.82. The fourth-order valence-electron chi connectivity index (χ4n) is 1.71. The molecular formula is C14H27N3S. The summed E-state index contributed by atoms with van der Waals surface area (Å²) in [5, 5.41) is 6.79. The van der Waals surface area contributed by atoms with Crippen molar-refractivity contribution >= 4 is 11.3 Å². The molecule has 0 saturated heterocycles. The Balaban J connectivity index is 2.29. The molecule has 4 heteroatoms. The van der Waals surface area contributed by atoms with Crippen molar-refractivity contribution in [3.63, 3.8) is 0 Å². The van der Waals surface area contributed by atoms with Crippen LogP contribution in [0.5, 0.6) is 0 Å². The highest BCUT2D eigenvalue weighted by Gasteiger charge is 2.06. The van der Waals surface area contributed by atoms with E-state index in [1.54, 1.807) is 11.3 Å². The molecule has 0 amide bonds. The monoisotopic (exact) mass is 269 g/mol. The van der Waals surface area contributed by atoms with Crippen molar-refractivity contribution in [1.82, 2.24) is 15.2 Å². The largest absolute Gasteiger partial charge is 0.310 e. The van der Waals surface area contributed by atoms with Gasteiger partial charge < -0.3 is 10.2 Å². The fourth-order valence-corrected chi connectivity index (χ4v) is 2.46. The predicted molar refractivity (Wildman–Crippen MR) is 79.9 cm³/mol. The Labute approximate surface area is 116 Å². The molecule has 0 bridgehead atoms. The molecule has 3 nitrogen and oxygen atoms in total. The van der Waals surface area contributed by atoms with Gasteiger partial charge in [0.2, 0.25) is 0 Å². The standard InChI is InChI=1S/C14H27N3S/c1-5-7-15-9-14-16-13(11-18-14)10-17(4)8-6-12(2)3/h11-12,15H,5-10H2,1-4H3. The van der Waals surface area contributed by atoms with E-state index in [0.717, 1.165) is 32.1 Å². The lowest BCUT2D eigenvalue weighted by Gasteiger charge is -2.16. The molecule has 18 heavy (non-hydrogen) atoms. The van der Waals surface area contributed by atoms with Gasteiger partial charge in [0, 0.05) is 18.5 Å². The Morgan fingerprint density at radius 3 is 2.89 bits per heavy atom. The molecule has 0 unspecified atom stereocenters. The van der Waals surface area contributed by atoms with Crippen molar-refractivity contribution in [3.05, 3.63) is 16.1 Å². The molecule has 0 radical (unpaired) electrons. The van der Waals surface area contributed by atoms with Crippen LogP contribution in [0.15, 0.2) is 5.38 Å². The Kier molecular flexibility index (Phi) is 7.47. The van der Waals surface area contributed by atoms with Gasteiger partial charge in [-0.3, -0.25) is 0 Å². The average Bonchev–Trinajstić information content (AvgIpc) is 2.74. The summed E-state index contributed by atoms with van der Waals surface area (Å²) in [7, 11) is 2.18. The zero-order chi connectivity index (χ0) is 13.4. The summed E-state index contributed by atoms with van der Waals surface area (Å²) in [6.07, 6.45) is 2.43. The molecule has 1 N–H and O–H groups in total. The first-order valence-corrected chi connectivity index (χ1v) is 7.82. The summed E-state index contributed by atoms with van der Waals surface area (Å²) in [5.41, 5.74) is 1.21. The quantitative estimate of drug-likeness (QED) is 0.698. The maximum absolute atomic E-state index is 4.66. The minimum Gasteiger partial charge on any atom is -0.310 e. The van der Waals surface area contributed by atoms with Crippen molar-refractivity contribution in [3.8, 4) is 0 Å².